The standard InChI is InChI=1S/C23H29F3N4O4/c1-33-18-13-34-9-4-16(18)28-15-2-5-22(11-15)20(31)17-12-29(7-8-30(17)21(22)32)19-10-14(3-6-27-19)23(24,25)26/h3,6,10,15-18,28H,2,4-5,7-9,11-13H2,1H3/t15-,16?,17?,18?,22+/m1/s1. The van der Waals surface area contributed by atoms with Crippen LogP contribution in [0.25, 0.3) is 0 Å². The van der Waals surface area contributed by atoms with Gasteiger partial charge in [0.15, 0.2) is 5.78 Å². The molecule has 3 aliphatic heterocycles. The van der Waals surface area contributed by atoms with Crippen molar-refractivity contribution in [3.63, 3.8) is 0 Å². The molecule has 11 heteroatoms. The van der Waals surface area contributed by atoms with Crippen molar-refractivity contribution in [1.82, 2.24) is 15.2 Å². The normalized spacial score (nSPS) is 34.2. The first-order valence-corrected chi connectivity index (χ1v) is 11.7. The number of carbonyl (C=O) groups excluding carboxylic acids is 2. The van der Waals surface area contributed by atoms with Gasteiger partial charge in [-0.15, -0.1) is 0 Å². The van der Waals surface area contributed by atoms with Crippen LogP contribution < -0.4 is 10.2 Å². The molecule has 1 aromatic rings. The highest BCUT2D eigenvalue weighted by molar-refractivity contribution is 6.15. The van der Waals surface area contributed by atoms with Crippen LogP contribution in [-0.4, -0.2) is 85.8 Å². The molecule has 1 aliphatic carbocycles. The first kappa shape index (κ1) is 23.5. The molecule has 4 heterocycles. The summed E-state index contributed by atoms with van der Waals surface area (Å²) in [6.45, 7) is 1.93. The minimum Gasteiger partial charge on any atom is -0.379 e. The Bertz CT molecular complexity index is 960. The molecular formula is C23H29F3N4O4. The quantitative estimate of drug-likeness (QED) is 0.654. The second-order valence-electron chi connectivity index (χ2n) is 9.66. The van der Waals surface area contributed by atoms with Crippen molar-refractivity contribution >= 4 is 17.5 Å². The summed E-state index contributed by atoms with van der Waals surface area (Å²) in [5, 5.41) is 3.59. The van der Waals surface area contributed by atoms with E-state index >= 15 is 0 Å². The van der Waals surface area contributed by atoms with Gasteiger partial charge in [0, 0.05) is 51.6 Å². The van der Waals surface area contributed by atoms with E-state index in [9.17, 15) is 22.8 Å². The topological polar surface area (TPSA) is 84.0 Å². The number of amides is 1. The Morgan fingerprint density at radius 2 is 2.09 bits per heavy atom. The molecule has 4 fully saturated rings. The highest BCUT2D eigenvalue weighted by Crippen LogP contribution is 2.47. The van der Waals surface area contributed by atoms with E-state index in [4.69, 9.17) is 9.47 Å². The smallest absolute Gasteiger partial charge is 0.379 e. The first-order chi connectivity index (χ1) is 16.2. The summed E-state index contributed by atoms with van der Waals surface area (Å²) >= 11 is 0. The Morgan fingerprint density at radius 1 is 1.26 bits per heavy atom. The van der Waals surface area contributed by atoms with Crippen LogP contribution >= 0.6 is 0 Å². The number of ether oxygens (including phenoxy) is 2. The number of piperazine rings is 1. The van der Waals surface area contributed by atoms with Gasteiger partial charge in [0.2, 0.25) is 5.91 Å². The average Bonchev–Trinajstić information content (AvgIpc) is 3.35. The number of nitrogens with one attached hydrogen (secondary N) is 1. The van der Waals surface area contributed by atoms with Crippen molar-refractivity contribution in [3.05, 3.63) is 23.9 Å². The van der Waals surface area contributed by atoms with Crippen molar-refractivity contribution in [2.24, 2.45) is 5.41 Å². The summed E-state index contributed by atoms with van der Waals surface area (Å²) in [7, 11) is 1.65. The lowest BCUT2D eigenvalue weighted by atomic mass is 9.81. The van der Waals surface area contributed by atoms with E-state index < -0.39 is 23.2 Å². The molecule has 1 spiro atoms. The number of carbonyl (C=O) groups is 2. The number of pyridine rings is 1. The Labute approximate surface area is 195 Å². The van der Waals surface area contributed by atoms with E-state index in [0.29, 0.717) is 45.6 Å². The number of rotatable bonds is 4. The fourth-order valence-electron chi connectivity index (χ4n) is 5.97. The molecule has 0 bridgehead atoms. The van der Waals surface area contributed by atoms with E-state index in [-0.39, 0.29) is 42.2 Å². The Morgan fingerprint density at radius 3 is 2.85 bits per heavy atom. The molecule has 1 aromatic heterocycles. The van der Waals surface area contributed by atoms with Crippen LogP contribution in [0.15, 0.2) is 18.3 Å². The lowest BCUT2D eigenvalue weighted by Crippen LogP contribution is -2.53. The molecule has 186 valence electrons. The molecule has 1 amide bonds. The molecule has 34 heavy (non-hydrogen) atoms. The fraction of sp³-hybridized carbons (Fsp3) is 0.696. The van der Waals surface area contributed by atoms with E-state index in [1.54, 1.807) is 16.9 Å². The number of fused-ring (bicyclic) bond motifs is 1. The van der Waals surface area contributed by atoms with E-state index in [1.807, 2.05) is 0 Å². The van der Waals surface area contributed by atoms with Gasteiger partial charge in [0.25, 0.3) is 0 Å². The Kier molecular flexibility index (Phi) is 6.06. The van der Waals surface area contributed by atoms with Gasteiger partial charge in [0.05, 0.1) is 18.3 Å². The second-order valence-corrected chi connectivity index (χ2v) is 9.66. The van der Waals surface area contributed by atoms with Gasteiger partial charge >= 0.3 is 6.18 Å². The SMILES string of the molecule is COC1COCCC1N[C@@H]1CC[C@]2(C1)C(=O)C1CN(c3cc(C(F)(F)F)ccn3)CCN1C2=O. The molecule has 1 N–H and O–H groups in total. The summed E-state index contributed by atoms with van der Waals surface area (Å²) < 4.78 is 50.4. The van der Waals surface area contributed by atoms with Gasteiger partial charge in [-0.25, -0.2) is 4.98 Å². The molecule has 0 aromatic carbocycles. The van der Waals surface area contributed by atoms with Gasteiger partial charge in [0.1, 0.15) is 17.3 Å². The maximum Gasteiger partial charge on any atom is 0.416 e. The number of anilines is 1. The van der Waals surface area contributed by atoms with E-state index in [0.717, 1.165) is 24.8 Å². The van der Waals surface area contributed by atoms with Gasteiger partial charge < -0.3 is 24.6 Å². The van der Waals surface area contributed by atoms with Crippen LogP contribution in [0.5, 0.6) is 0 Å². The van der Waals surface area contributed by atoms with Crippen molar-refractivity contribution in [3.8, 4) is 0 Å². The molecule has 0 radical (unpaired) electrons. The summed E-state index contributed by atoms with van der Waals surface area (Å²) in [6, 6.07) is 1.40. The number of ketones is 1. The highest BCUT2D eigenvalue weighted by Gasteiger charge is 2.62. The summed E-state index contributed by atoms with van der Waals surface area (Å²) in [4.78, 5) is 34.4. The molecule has 5 rings (SSSR count). The minimum absolute atomic E-state index is 0.0243. The van der Waals surface area contributed by atoms with E-state index in [2.05, 4.69) is 10.3 Å². The van der Waals surface area contributed by atoms with Crippen LogP contribution in [0.1, 0.15) is 31.2 Å². The zero-order valence-corrected chi connectivity index (χ0v) is 19.0. The first-order valence-electron chi connectivity index (χ1n) is 11.7. The predicted octanol–water partition coefficient (Wildman–Crippen LogP) is 1.63. The van der Waals surface area contributed by atoms with Crippen LogP contribution in [0, 0.1) is 5.41 Å². The lowest BCUT2D eigenvalue weighted by Gasteiger charge is -2.37. The summed E-state index contributed by atoms with van der Waals surface area (Å²) in [5.41, 5.74) is -1.83. The molecule has 1 saturated carbocycles. The zero-order chi connectivity index (χ0) is 24.1. The summed E-state index contributed by atoms with van der Waals surface area (Å²) in [5.74, 6) is -0.0840. The number of nitrogens with zero attached hydrogens (tertiary/aromatic N) is 3. The number of hydrogen-bond acceptors (Lipinski definition) is 7. The number of halogens is 3. The van der Waals surface area contributed by atoms with Crippen LogP contribution in [0.3, 0.4) is 0 Å². The molecule has 8 nitrogen and oxygen atoms in total. The third-order valence-corrected chi connectivity index (χ3v) is 7.79. The van der Waals surface area contributed by atoms with Crippen molar-refractivity contribution < 1.29 is 32.2 Å². The lowest BCUT2D eigenvalue weighted by molar-refractivity contribution is -0.139. The molecule has 3 unspecified atom stereocenters. The van der Waals surface area contributed by atoms with E-state index in [1.165, 1.54) is 0 Å². The Hall–Kier alpha value is -2.24. The monoisotopic (exact) mass is 482 g/mol. The van der Waals surface area contributed by atoms with Gasteiger partial charge in [-0.2, -0.15) is 13.2 Å². The third kappa shape index (κ3) is 3.97. The van der Waals surface area contributed by atoms with Gasteiger partial charge in [-0.1, -0.05) is 0 Å². The second kappa shape index (κ2) is 8.76. The van der Waals surface area contributed by atoms with Crippen molar-refractivity contribution in [2.45, 2.75) is 56.1 Å². The van der Waals surface area contributed by atoms with Crippen molar-refractivity contribution in [2.75, 3.05) is 44.9 Å². The maximum atomic E-state index is 13.6. The zero-order valence-electron chi connectivity index (χ0n) is 19.0. The number of Topliss-reactive ketones (excluding diaryl/α,β-unsaturated/α-hetero) is 1. The predicted molar refractivity (Wildman–Crippen MR) is 115 cm³/mol. The van der Waals surface area contributed by atoms with Gasteiger partial charge in [-0.3, -0.25) is 9.59 Å². The third-order valence-electron chi connectivity index (χ3n) is 7.79. The molecular weight excluding hydrogens is 453 g/mol. The Balaban J connectivity index is 1.29. The fourth-order valence-corrected chi connectivity index (χ4v) is 5.97. The molecule has 3 saturated heterocycles. The van der Waals surface area contributed by atoms with Crippen molar-refractivity contribution in [1.29, 1.82) is 0 Å². The van der Waals surface area contributed by atoms with Crippen LogP contribution in [0.4, 0.5) is 19.0 Å². The number of alkyl halides is 3. The summed E-state index contributed by atoms with van der Waals surface area (Å²) in [6.07, 6.45) is -0.973. The largest absolute Gasteiger partial charge is 0.416 e. The molecule has 5 atom stereocenters. The van der Waals surface area contributed by atoms with Gasteiger partial charge in [-0.05, 0) is 37.8 Å². The number of methoxy groups -OCH3 is 1. The average molecular weight is 483 g/mol. The highest BCUT2D eigenvalue weighted by atomic mass is 19.4. The van der Waals surface area contributed by atoms with Crippen LogP contribution in [-0.2, 0) is 25.2 Å². The number of hydrogen-bond donors (Lipinski definition) is 1. The number of aromatic nitrogens is 1. The molecule has 4 aliphatic rings. The maximum absolute atomic E-state index is 13.6. The van der Waals surface area contributed by atoms with Crippen LogP contribution in [0.2, 0.25) is 0 Å². The minimum atomic E-state index is -4.47.